The molecule has 0 aromatic heterocycles. The van der Waals surface area contributed by atoms with E-state index in [1.165, 1.54) is 6.42 Å². The van der Waals surface area contributed by atoms with E-state index in [1.54, 1.807) is 0 Å². The van der Waals surface area contributed by atoms with Crippen molar-refractivity contribution < 1.29 is 14.6 Å². The van der Waals surface area contributed by atoms with Crippen LogP contribution in [0.5, 0.6) is 0 Å². The molecule has 5 rings (SSSR count). The maximum absolute atomic E-state index is 12.0. The van der Waals surface area contributed by atoms with Gasteiger partial charge in [-0.05, 0) is 24.2 Å². The highest BCUT2D eigenvalue weighted by molar-refractivity contribution is 5.91. The number of aliphatic hydroxyl groups is 1. The zero-order chi connectivity index (χ0) is 9.24. The highest BCUT2D eigenvalue weighted by atomic mass is 16.6. The van der Waals surface area contributed by atoms with Crippen molar-refractivity contribution in [2.24, 2.45) is 35.5 Å². The molecule has 0 aromatic rings. The summed E-state index contributed by atoms with van der Waals surface area (Å²) in [5, 5.41) is 10.3. The zero-order valence-electron chi connectivity index (χ0n) is 7.72. The van der Waals surface area contributed by atoms with Gasteiger partial charge in [0.1, 0.15) is 6.10 Å². The molecular formula is C11H12O3. The first kappa shape index (κ1) is 6.96. The lowest BCUT2D eigenvalue weighted by atomic mass is 9.79. The Kier molecular flexibility index (Phi) is 0.792. The average molecular weight is 192 g/mol. The summed E-state index contributed by atoms with van der Waals surface area (Å²) in [7, 11) is 0. The number of hydrogen-bond acceptors (Lipinski definition) is 3. The van der Waals surface area contributed by atoms with Gasteiger partial charge in [-0.3, -0.25) is 4.79 Å². The molecule has 3 heteroatoms. The third-order valence-electron chi connectivity index (χ3n) is 5.73. The molecule has 4 aliphatic carbocycles. The highest BCUT2D eigenvalue weighted by Gasteiger charge is 2.81. The van der Waals surface area contributed by atoms with Crippen molar-refractivity contribution in [3.05, 3.63) is 0 Å². The molecule has 4 saturated carbocycles. The maximum Gasteiger partial charge on any atom is 0.170 e. The molecular weight excluding hydrogens is 180 g/mol. The van der Waals surface area contributed by atoms with Crippen LogP contribution >= 0.6 is 0 Å². The topological polar surface area (TPSA) is 46.5 Å². The minimum absolute atomic E-state index is 0.225. The van der Waals surface area contributed by atoms with Crippen LogP contribution in [0.1, 0.15) is 12.8 Å². The van der Waals surface area contributed by atoms with Crippen molar-refractivity contribution in [1.82, 2.24) is 0 Å². The SMILES string of the molecule is O=C1C2OC3(O)CC4C5CC(C14)C2C53. The summed E-state index contributed by atoms with van der Waals surface area (Å²) in [5.74, 6) is 2.03. The number of Topliss-reactive ketones (excluding diaryl/α,β-unsaturated/α-hetero) is 1. The van der Waals surface area contributed by atoms with E-state index in [4.69, 9.17) is 4.74 Å². The van der Waals surface area contributed by atoms with Gasteiger partial charge in [0, 0.05) is 24.2 Å². The Bertz CT molecular complexity index is 379. The van der Waals surface area contributed by atoms with Crippen LogP contribution in [0.4, 0.5) is 0 Å². The zero-order valence-corrected chi connectivity index (χ0v) is 7.72. The van der Waals surface area contributed by atoms with Gasteiger partial charge in [0.05, 0.1) is 0 Å². The number of fused-ring (bicyclic) bond motifs is 1. The van der Waals surface area contributed by atoms with Gasteiger partial charge in [-0.25, -0.2) is 0 Å². The van der Waals surface area contributed by atoms with E-state index in [0.29, 0.717) is 35.4 Å². The summed E-state index contributed by atoms with van der Waals surface area (Å²) in [4.78, 5) is 12.0. The molecule has 5 fully saturated rings. The summed E-state index contributed by atoms with van der Waals surface area (Å²) < 4.78 is 5.64. The van der Waals surface area contributed by atoms with Crippen molar-refractivity contribution in [3.8, 4) is 0 Å². The average Bonchev–Trinajstić information content (AvgIpc) is 2.75. The van der Waals surface area contributed by atoms with Crippen molar-refractivity contribution in [1.29, 1.82) is 0 Å². The van der Waals surface area contributed by atoms with E-state index in [9.17, 15) is 9.90 Å². The lowest BCUT2D eigenvalue weighted by Gasteiger charge is -2.24. The quantitative estimate of drug-likeness (QED) is 0.595. The van der Waals surface area contributed by atoms with Crippen LogP contribution in [0.15, 0.2) is 0 Å². The fourth-order valence-corrected chi connectivity index (χ4v) is 5.67. The van der Waals surface area contributed by atoms with Gasteiger partial charge in [0.15, 0.2) is 11.6 Å². The van der Waals surface area contributed by atoms with E-state index >= 15 is 0 Å². The molecule has 1 aliphatic heterocycles. The number of hydrogen-bond donors (Lipinski definition) is 1. The third kappa shape index (κ3) is 0.421. The molecule has 8 unspecified atom stereocenters. The van der Waals surface area contributed by atoms with Crippen molar-refractivity contribution in [2.75, 3.05) is 0 Å². The molecule has 1 heterocycles. The minimum Gasteiger partial charge on any atom is -0.365 e. The number of carbonyl (C=O) groups excluding carboxylic acids is 1. The second-order valence-electron chi connectivity index (χ2n) is 5.85. The molecule has 1 N–H and O–H groups in total. The van der Waals surface area contributed by atoms with E-state index in [1.807, 2.05) is 0 Å². The molecule has 2 bridgehead atoms. The van der Waals surface area contributed by atoms with E-state index in [-0.39, 0.29) is 12.0 Å². The minimum atomic E-state index is -0.902. The van der Waals surface area contributed by atoms with Crippen molar-refractivity contribution >= 4 is 5.78 Å². The molecule has 5 aliphatic rings. The first-order valence-electron chi connectivity index (χ1n) is 5.65. The van der Waals surface area contributed by atoms with Gasteiger partial charge in [-0.2, -0.15) is 0 Å². The van der Waals surface area contributed by atoms with Crippen LogP contribution in [0, 0.1) is 35.5 Å². The predicted octanol–water partition coefficient (Wildman–Crippen LogP) is 0.175. The lowest BCUT2D eigenvalue weighted by molar-refractivity contribution is -0.201. The molecule has 0 radical (unpaired) electrons. The van der Waals surface area contributed by atoms with Gasteiger partial charge in [-0.1, -0.05) is 0 Å². The van der Waals surface area contributed by atoms with Crippen LogP contribution in [-0.2, 0) is 9.53 Å². The van der Waals surface area contributed by atoms with Gasteiger partial charge >= 0.3 is 0 Å². The smallest absolute Gasteiger partial charge is 0.170 e. The first-order chi connectivity index (χ1) is 6.71. The fourth-order valence-electron chi connectivity index (χ4n) is 5.67. The molecule has 0 amide bonds. The summed E-state index contributed by atoms with van der Waals surface area (Å²) in [6.45, 7) is 0. The Morgan fingerprint density at radius 3 is 3.07 bits per heavy atom. The largest absolute Gasteiger partial charge is 0.365 e. The second kappa shape index (κ2) is 1.59. The van der Waals surface area contributed by atoms with Crippen LogP contribution in [0.25, 0.3) is 0 Å². The number of carbonyl (C=O) groups is 1. The normalized spacial score (nSPS) is 75.8. The number of ketones is 1. The maximum atomic E-state index is 12.0. The second-order valence-corrected chi connectivity index (χ2v) is 5.85. The monoisotopic (exact) mass is 192 g/mol. The molecule has 74 valence electrons. The van der Waals surface area contributed by atoms with Crippen molar-refractivity contribution in [2.45, 2.75) is 24.7 Å². The first-order valence-corrected chi connectivity index (χ1v) is 5.65. The number of ether oxygens (including phenoxy) is 1. The molecule has 8 atom stereocenters. The molecule has 3 nitrogen and oxygen atoms in total. The van der Waals surface area contributed by atoms with Crippen LogP contribution in [-0.4, -0.2) is 22.8 Å². The Balaban J connectivity index is 1.88. The molecule has 14 heavy (non-hydrogen) atoms. The van der Waals surface area contributed by atoms with Crippen LogP contribution in [0.3, 0.4) is 0 Å². The fraction of sp³-hybridized carbons (Fsp3) is 0.909. The molecule has 0 spiro atoms. The van der Waals surface area contributed by atoms with Crippen molar-refractivity contribution in [3.63, 3.8) is 0 Å². The Morgan fingerprint density at radius 2 is 2.21 bits per heavy atom. The summed E-state index contributed by atoms with van der Waals surface area (Å²) in [5.41, 5.74) is 0. The van der Waals surface area contributed by atoms with Crippen LogP contribution in [0.2, 0.25) is 0 Å². The van der Waals surface area contributed by atoms with E-state index in [0.717, 1.165) is 6.42 Å². The Labute approximate surface area is 81.4 Å². The summed E-state index contributed by atoms with van der Waals surface area (Å²) >= 11 is 0. The van der Waals surface area contributed by atoms with Crippen LogP contribution < -0.4 is 0 Å². The summed E-state index contributed by atoms with van der Waals surface area (Å²) in [6.07, 6.45) is 1.71. The molecule has 0 aromatic carbocycles. The Morgan fingerprint density at radius 1 is 1.36 bits per heavy atom. The predicted molar refractivity (Wildman–Crippen MR) is 45.0 cm³/mol. The highest BCUT2D eigenvalue weighted by Crippen LogP contribution is 2.76. The number of rotatable bonds is 0. The van der Waals surface area contributed by atoms with Gasteiger partial charge in [0.25, 0.3) is 0 Å². The summed E-state index contributed by atoms with van der Waals surface area (Å²) in [6, 6.07) is 0. The molecule has 1 saturated heterocycles. The van der Waals surface area contributed by atoms with Gasteiger partial charge < -0.3 is 9.84 Å². The van der Waals surface area contributed by atoms with Gasteiger partial charge in [0.2, 0.25) is 0 Å². The van der Waals surface area contributed by atoms with Gasteiger partial charge in [-0.15, -0.1) is 0 Å². The lowest BCUT2D eigenvalue weighted by Crippen LogP contribution is -2.33. The standard InChI is InChI=1S/C11H12O3/c12-9-6-4-1-3-5(6)2-11(13)8(3)7(4)10(9)14-11/h3-8,10,13H,1-2H2. The van der Waals surface area contributed by atoms with E-state index in [2.05, 4.69) is 0 Å². The third-order valence-corrected chi connectivity index (χ3v) is 5.73. The van der Waals surface area contributed by atoms with E-state index < -0.39 is 5.79 Å². The Hall–Kier alpha value is -0.410.